The van der Waals surface area contributed by atoms with Crippen molar-refractivity contribution in [1.82, 2.24) is 20.3 Å². The van der Waals surface area contributed by atoms with Crippen LogP contribution in [0.2, 0.25) is 5.02 Å². The minimum atomic E-state index is -0.278. The monoisotopic (exact) mass is 386 g/mol. The Morgan fingerprint density at radius 1 is 1.37 bits per heavy atom. The molecule has 0 spiro atoms. The van der Waals surface area contributed by atoms with Gasteiger partial charge in [-0.2, -0.15) is 5.10 Å². The fourth-order valence-corrected chi connectivity index (χ4v) is 3.58. The third-order valence-electron chi connectivity index (χ3n) is 4.72. The van der Waals surface area contributed by atoms with Gasteiger partial charge in [-0.05, 0) is 13.0 Å². The van der Waals surface area contributed by atoms with Gasteiger partial charge in [-0.25, -0.2) is 0 Å². The van der Waals surface area contributed by atoms with Crippen LogP contribution in [-0.4, -0.2) is 27.5 Å². The highest BCUT2D eigenvalue weighted by Crippen LogP contribution is 2.31. The molecule has 0 unspecified atom stereocenters. The van der Waals surface area contributed by atoms with Crippen molar-refractivity contribution in [3.8, 4) is 11.3 Å². The van der Waals surface area contributed by atoms with Crippen LogP contribution in [0.5, 0.6) is 0 Å². The molecule has 3 heterocycles. The van der Waals surface area contributed by atoms with Crippen LogP contribution >= 0.6 is 11.6 Å². The lowest BCUT2D eigenvalue weighted by Gasteiger charge is -2.13. The normalized spacial score (nSPS) is 13.4. The molecule has 1 aliphatic heterocycles. The van der Waals surface area contributed by atoms with Crippen molar-refractivity contribution < 1.29 is 14.1 Å². The molecule has 0 fully saturated rings. The molecular formula is C19H19ClN4O3. The van der Waals surface area contributed by atoms with Gasteiger partial charge in [0.05, 0.1) is 30.5 Å². The molecule has 3 aromatic rings. The lowest BCUT2D eigenvalue weighted by molar-refractivity contribution is 0.0946. The number of carbonyl (C=O) groups is 1. The van der Waals surface area contributed by atoms with E-state index in [2.05, 4.69) is 15.6 Å². The van der Waals surface area contributed by atoms with E-state index in [0.29, 0.717) is 47.4 Å². The quantitative estimate of drug-likeness (QED) is 0.745. The molecule has 2 aromatic heterocycles. The first-order valence-corrected chi connectivity index (χ1v) is 9.04. The van der Waals surface area contributed by atoms with E-state index in [-0.39, 0.29) is 5.91 Å². The number of nitrogens with zero attached hydrogens (tertiary/aromatic N) is 3. The molecule has 7 nitrogen and oxygen atoms in total. The van der Waals surface area contributed by atoms with Gasteiger partial charge in [0.25, 0.3) is 5.91 Å². The van der Waals surface area contributed by atoms with E-state index < -0.39 is 0 Å². The van der Waals surface area contributed by atoms with E-state index >= 15 is 0 Å². The average molecular weight is 387 g/mol. The number of amides is 1. The number of ether oxygens (including phenoxy) is 1. The van der Waals surface area contributed by atoms with E-state index in [9.17, 15) is 4.79 Å². The zero-order chi connectivity index (χ0) is 19.0. The number of hydrogen-bond donors (Lipinski definition) is 1. The fraction of sp³-hybridized carbons (Fsp3) is 0.316. The Labute approximate surface area is 161 Å². The summed E-state index contributed by atoms with van der Waals surface area (Å²) < 4.78 is 12.7. The summed E-state index contributed by atoms with van der Waals surface area (Å²) in [4.78, 5) is 12.9. The minimum absolute atomic E-state index is 0.278. The molecule has 1 aliphatic rings. The van der Waals surface area contributed by atoms with Crippen molar-refractivity contribution in [2.24, 2.45) is 7.05 Å². The van der Waals surface area contributed by atoms with Crippen LogP contribution in [0.1, 0.15) is 33.1 Å². The molecule has 0 saturated heterocycles. The molecule has 1 aromatic carbocycles. The number of aryl methyl sites for hydroxylation is 2. The molecule has 4 rings (SSSR count). The molecule has 0 radical (unpaired) electrons. The van der Waals surface area contributed by atoms with Crippen LogP contribution in [0.25, 0.3) is 11.3 Å². The Hall–Kier alpha value is -2.64. The van der Waals surface area contributed by atoms with Crippen LogP contribution in [-0.2, 0) is 31.4 Å². The highest BCUT2D eigenvalue weighted by molar-refractivity contribution is 6.33. The van der Waals surface area contributed by atoms with E-state index in [1.165, 1.54) is 0 Å². The third kappa shape index (κ3) is 3.24. The topological polar surface area (TPSA) is 82.2 Å². The minimum Gasteiger partial charge on any atom is -0.376 e. The Morgan fingerprint density at radius 3 is 3.00 bits per heavy atom. The number of fused-ring (bicyclic) bond motifs is 1. The standard InChI is InChI=1S/C19H19ClN4O3/c1-11-17(18(23-27-11)12-5-3-4-6-14(12)20)19(25)21-9-15-13-10-26-8-7-16(13)24(2)22-15/h3-6H,7-10H2,1-2H3,(H,21,25). The summed E-state index contributed by atoms with van der Waals surface area (Å²) in [6, 6.07) is 7.23. The van der Waals surface area contributed by atoms with Crippen LogP contribution in [0, 0.1) is 6.92 Å². The molecule has 27 heavy (non-hydrogen) atoms. The van der Waals surface area contributed by atoms with Crippen LogP contribution in [0.4, 0.5) is 0 Å². The molecule has 1 amide bonds. The maximum Gasteiger partial charge on any atom is 0.257 e. The average Bonchev–Trinajstić information content (AvgIpc) is 3.21. The molecule has 0 atom stereocenters. The second-order valence-electron chi connectivity index (χ2n) is 6.42. The number of aromatic nitrogens is 3. The van der Waals surface area contributed by atoms with E-state index in [1.54, 1.807) is 13.0 Å². The molecule has 1 N–H and O–H groups in total. The number of halogens is 1. The van der Waals surface area contributed by atoms with E-state index in [0.717, 1.165) is 23.4 Å². The Balaban J connectivity index is 1.58. The first kappa shape index (κ1) is 17.8. The zero-order valence-corrected chi connectivity index (χ0v) is 15.8. The summed E-state index contributed by atoms with van der Waals surface area (Å²) in [6.07, 6.45) is 0.828. The Bertz CT molecular complexity index is 1010. The predicted octanol–water partition coefficient (Wildman–Crippen LogP) is 3.04. The van der Waals surface area contributed by atoms with Gasteiger partial charge in [-0.15, -0.1) is 0 Å². The largest absolute Gasteiger partial charge is 0.376 e. The number of hydrogen-bond acceptors (Lipinski definition) is 5. The van der Waals surface area contributed by atoms with Crippen molar-refractivity contribution in [3.63, 3.8) is 0 Å². The summed E-state index contributed by atoms with van der Waals surface area (Å²) >= 11 is 6.26. The lowest BCUT2D eigenvalue weighted by Crippen LogP contribution is -2.25. The maximum atomic E-state index is 12.9. The van der Waals surface area contributed by atoms with Crippen LogP contribution in [0.3, 0.4) is 0 Å². The lowest BCUT2D eigenvalue weighted by atomic mass is 10.1. The summed E-state index contributed by atoms with van der Waals surface area (Å²) in [6.45, 7) is 3.22. The fourth-order valence-electron chi connectivity index (χ4n) is 3.36. The first-order chi connectivity index (χ1) is 13.1. The second-order valence-corrected chi connectivity index (χ2v) is 6.83. The van der Waals surface area contributed by atoms with Crippen molar-refractivity contribution in [2.45, 2.75) is 26.5 Å². The smallest absolute Gasteiger partial charge is 0.257 e. The second kappa shape index (κ2) is 7.17. The molecule has 0 saturated carbocycles. The number of nitrogens with one attached hydrogen (secondary N) is 1. The first-order valence-electron chi connectivity index (χ1n) is 8.67. The van der Waals surface area contributed by atoms with Crippen molar-refractivity contribution >= 4 is 17.5 Å². The summed E-state index contributed by atoms with van der Waals surface area (Å²) in [5.74, 6) is 0.161. The highest BCUT2D eigenvalue weighted by Gasteiger charge is 2.24. The van der Waals surface area contributed by atoms with Gasteiger partial charge in [0.1, 0.15) is 17.0 Å². The van der Waals surface area contributed by atoms with Crippen molar-refractivity contribution in [1.29, 1.82) is 0 Å². The van der Waals surface area contributed by atoms with E-state index in [1.807, 2.05) is 29.9 Å². The van der Waals surface area contributed by atoms with Gasteiger partial charge >= 0.3 is 0 Å². The molecule has 140 valence electrons. The molecule has 0 bridgehead atoms. The summed E-state index contributed by atoms with van der Waals surface area (Å²) in [5.41, 5.74) is 4.49. The number of benzene rings is 1. The predicted molar refractivity (Wildman–Crippen MR) is 99.4 cm³/mol. The Morgan fingerprint density at radius 2 is 2.19 bits per heavy atom. The Kier molecular flexibility index (Phi) is 4.72. The number of rotatable bonds is 4. The number of carbonyl (C=O) groups excluding carboxylic acids is 1. The van der Waals surface area contributed by atoms with Crippen molar-refractivity contribution in [3.05, 3.63) is 57.6 Å². The van der Waals surface area contributed by atoms with Crippen LogP contribution in [0.15, 0.2) is 28.8 Å². The van der Waals surface area contributed by atoms with Gasteiger partial charge < -0.3 is 14.6 Å². The van der Waals surface area contributed by atoms with Gasteiger partial charge in [0.15, 0.2) is 0 Å². The molecular weight excluding hydrogens is 368 g/mol. The third-order valence-corrected chi connectivity index (χ3v) is 5.05. The van der Waals surface area contributed by atoms with Gasteiger partial charge in [-0.1, -0.05) is 35.0 Å². The maximum absolute atomic E-state index is 12.9. The summed E-state index contributed by atoms with van der Waals surface area (Å²) in [5, 5.41) is 12.0. The molecule has 8 heteroatoms. The van der Waals surface area contributed by atoms with Crippen LogP contribution < -0.4 is 5.32 Å². The molecule has 0 aliphatic carbocycles. The highest BCUT2D eigenvalue weighted by atomic mass is 35.5. The van der Waals surface area contributed by atoms with Crippen molar-refractivity contribution in [2.75, 3.05) is 6.61 Å². The summed E-state index contributed by atoms with van der Waals surface area (Å²) in [7, 11) is 1.91. The SMILES string of the molecule is Cc1onc(-c2ccccc2Cl)c1C(=O)NCc1nn(C)c2c1COCC2. The van der Waals surface area contributed by atoms with E-state index in [4.69, 9.17) is 20.9 Å². The van der Waals surface area contributed by atoms with Gasteiger partial charge in [0.2, 0.25) is 0 Å². The zero-order valence-electron chi connectivity index (χ0n) is 15.1. The van der Waals surface area contributed by atoms with Gasteiger partial charge in [-0.3, -0.25) is 9.48 Å². The van der Waals surface area contributed by atoms with Gasteiger partial charge in [0, 0.05) is 30.3 Å².